The number of nitrogens with one attached hydrogen (secondary N) is 1. The fourth-order valence-corrected chi connectivity index (χ4v) is 2.33. The molecule has 2 rings (SSSR count). The van der Waals surface area contributed by atoms with E-state index in [0.717, 1.165) is 32.1 Å². The van der Waals surface area contributed by atoms with Crippen molar-refractivity contribution in [3.63, 3.8) is 0 Å². The third kappa shape index (κ3) is 3.54. The maximum absolute atomic E-state index is 5.79. The number of piperidine rings is 1. The molecule has 1 N–H and O–H groups in total. The highest BCUT2D eigenvalue weighted by Gasteiger charge is 2.21. The Morgan fingerprint density at radius 1 is 1.47 bits per heavy atom. The van der Waals surface area contributed by atoms with Crippen molar-refractivity contribution in [2.24, 2.45) is 5.92 Å². The lowest BCUT2D eigenvalue weighted by Gasteiger charge is -2.32. The fraction of sp³-hybridized carbons (Fsp3) is 0.667. The van der Waals surface area contributed by atoms with Gasteiger partial charge in [-0.2, -0.15) is 0 Å². The third-order valence-electron chi connectivity index (χ3n) is 3.09. The molecule has 17 heavy (non-hydrogen) atoms. The van der Waals surface area contributed by atoms with Gasteiger partial charge in [0.15, 0.2) is 0 Å². The summed E-state index contributed by atoms with van der Waals surface area (Å²) in [6, 6.07) is 0. The van der Waals surface area contributed by atoms with Gasteiger partial charge < -0.3 is 10.2 Å². The van der Waals surface area contributed by atoms with Crippen LogP contribution < -0.4 is 10.2 Å². The number of aromatic nitrogens is 2. The van der Waals surface area contributed by atoms with E-state index in [9.17, 15) is 0 Å². The Balaban J connectivity index is 1.94. The molecule has 2 heterocycles. The molecule has 4 nitrogen and oxygen atoms in total. The fourth-order valence-electron chi connectivity index (χ4n) is 2.23. The lowest BCUT2D eigenvalue weighted by molar-refractivity contribution is 0.392. The average molecular weight is 255 g/mol. The van der Waals surface area contributed by atoms with Gasteiger partial charge in [0.1, 0.15) is 0 Å². The third-order valence-corrected chi connectivity index (χ3v) is 3.29. The zero-order chi connectivity index (χ0) is 12.1. The summed E-state index contributed by atoms with van der Waals surface area (Å²) in [5, 5.41) is 4.00. The lowest BCUT2D eigenvalue weighted by atomic mass is 9.98. The summed E-state index contributed by atoms with van der Waals surface area (Å²) in [6.07, 6.45) is 5.83. The molecule has 1 aromatic heterocycles. The molecule has 94 valence electrons. The summed E-state index contributed by atoms with van der Waals surface area (Å²) in [5.74, 6) is 1.50. The van der Waals surface area contributed by atoms with Gasteiger partial charge in [-0.1, -0.05) is 18.5 Å². The van der Waals surface area contributed by atoms with Gasteiger partial charge in [0.25, 0.3) is 0 Å². The molecule has 0 aliphatic carbocycles. The molecule has 0 radical (unpaired) electrons. The Hall–Kier alpha value is -0.870. The van der Waals surface area contributed by atoms with E-state index in [0.29, 0.717) is 10.9 Å². The molecule has 1 aliphatic heterocycles. The minimum Gasteiger partial charge on any atom is -0.341 e. The molecule has 0 amide bonds. The van der Waals surface area contributed by atoms with E-state index in [2.05, 4.69) is 27.1 Å². The predicted octanol–water partition coefficient (Wildman–Crippen LogP) is 1.96. The average Bonchev–Trinajstić information content (AvgIpc) is 2.37. The van der Waals surface area contributed by atoms with Crippen molar-refractivity contribution >= 4 is 17.5 Å². The highest BCUT2D eigenvalue weighted by Crippen LogP contribution is 2.20. The van der Waals surface area contributed by atoms with Crippen molar-refractivity contribution in [3.05, 3.63) is 17.4 Å². The highest BCUT2D eigenvalue weighted by molar-refractivity contribution is 6.30. The second-order valence-corrected chi connectivity index (χ2v) is 4.90. The molecule has 0 bridgehead atoms. The highest BCUT2D eigenvalue weighted by atomic mass is 35.5. The molecular weight excluding hydrogens is 236 g/mol. The van der Waals surface area contributed by atoms with Crippen LogP contribution in [0.25, 0.3) is 0 Å². The van der Waals surface area contributed by atoms with Crippen molar-refractivity contribution in [2.45, 2.75) is 19.8 Å². The van der Waals surface area contributed by atoms with Crippen molar-refractivity contribution in [2.75, 3.05) is 31.1 Å². The first-order valence-corrected chi connectivity index (χ1v) is 6.60. The Morgan fingerprint density at radius 3 is 2.94 bits per heavy atom. The van der Waals surface area contributed by atoms with Gasteiger partial charge in [0, 0.05) is 13.1 Å². The van der Waals surface area contributed by atoms with E-state index in [1.165, 1.54) is 12.8 Å². The number of hydrogen-bond donors (Lipinski definition) is 1. The molecule has 1 saturated heterocycles. The van der Waals surface area contributed by atoms with E-state index in [4.69, 9.17) is 11.6 Å². The van der Waals surface area contributed by atoms with Gasteiger partial charge in [-0.15, -0.1) is 0 Å². The van der Waals surface area contributed by atoms with Crippen LogP contribution in [-0.2, 0) is 0 Å². The summed E-state index contributed by atoms with van der Waals surface area (Å²) in [5.41, 5.74) is 0. The van der Waals surface area contributed by atoms with Gasteiger partial charge in [0.05, 0.1) is 17.4 Å². The topological polar surface area (TPSA) is 41.0 Å². The van der Waals surface area contributed by atoms with E-state index in [1.54, 1.807) is 12.4 Å². The van der Waals surface area contributed by atoms with Crippen LogP contribution in [0.3, 0.4) is 0 Å². The smallest absolute Gasteiger partial charge is 0.225 e. The standard InChI is InChI=1S/C12H19ClN4/c1-2-14-6-10-4-3-5-17(9-10)12-15-7-11(13)8-16-12/h7-8,10,14H,2-6,9H2,1H3. The number of halogens is 1. The van der Waals surface area contributed by atoms with Gasteiger partial charge in [-0.05, 0) is 31.8 Å². The summed E-state index contributed by atoms with van der Waals surface area (Å²) < 4.78 is 0. The van der Waals surface area contributed by atoms with Crippen LogP contribution in [0, 0.1) is 5.92 Å². The summed E-state index contributed by atoms with van der Waals surface area (Å²) in [6.45, 7) is 6.34. The lowest BCUT2D eigenvalue weighted by Crippen LogP contribution is -2.40. The molecule has 1 fully saturated rings. The van der Waals surface area contributed by atoms with Crippen LogP contribution in [0.2, 0.25) is 5.02 Å². The van der Waals surface area contributed by atoms with Gasteiger partial charge >= 0.3 is 0 Å². The zero-order valence-corrected chi connectivity index (χ0v) is 11.0. The van der Waals surface area contributed by atoms with Crippen LogP contribution in [0.5, 0.6) is 0 Å². The maximum Gasteiger partial charge on any atom is 0.225 e. The minimum atomic E-state index is 0.593. The van der Waals surface area contributed by atoms with Gasteiger partial charge in [-0.3, -0.25) is 0 Å². The first-order chi connectivity index (χ1) is 8.29. The van der Waals surface area contributed by atoms with Gasteiger partial charge in [-0.25, -0.2) is 9.97 Å². The maximum atomic E-state index is 5.79. The number of rotatable bonds is 4. The summed E-state index contributed by atoms with van der Waals surface area (Å²) in [4.78, 5) is 10.8. The van der Waals surface area contributed by atoms with Crippen molar-refractivity contribution in [3.8, 4) is 0 Å². The quantitative estimate of drug-likeness (QED) is 0.892. The van der Waals surface area contributed by atoms with Crippen molar-refractivity contribution in [1.29, 1.82) is 0 Å². The van der Waals surface area contributed by atoms with Crippen LogP contribution in [0.4, 0.5) is 5.95 Å². The SMILES string of the molecule is CCNCC1CCCN(c2ncc(Cl)cn2)C1. The first kappa shape index (κ1) is 12.6. The monoisotopic (exact) mass is 254 g/mol. The van der Waals surface area contributed by atoms with Crippen LogP contribution in [-0.4, -0.2) is 36.1 Å². The van der Waals surface area contributed by atoms with Crippen LogP contribution in [0.15, 0.2) is 12.4 Å². The predicted molar refractivity (Wildman–Crippen MR) is 70.5 cm³/mol. The zero-order valence-electron chi connectivity index (χ0n) is 10.2. The molecular formula is C12H19ClN4. The number of nitrogens with zero attached hydrogens (tertiary/aromatic N) is 3. The van der Waals surface area contributed by atoms with E-state index < -0.39 is 0 Å². The number of anilines is 1. The van der Waals surface area contributed by atoms with Crippen molar-refractivity contribution < 1.29 is 0 Å². The first-order valence-electron chi connectivity index (χ1n) is 6.22. The van der Waals surface area contributed by atoms with Crippen LogP contribution >= 0.6 is 11.6 Å². The van der Waals surface area contributed by atoms with Crippen molar-refractivity contribution in [1.82, 2.24) is 15.3 Å². The van der Waals surface area contributed by atoms with Gasteiger partial charge in [0.2, 0.25) is 5.95 Å². The van der Waals surface area contributed by atoms with E-state index in [1.807, 2.05) is 0 Å². The normalized spacial score (nSPS) is 20.6. The number of hydrogen-bond acceptors (Lipinski definition) is 4. The van der Waals surface area contributed by atoms with Crippen LogP contribution in [0.1, 0.15) is 19.8 Å². The molecule has 1 aliphatic rings. The Kier molecular flexibility index (Phi) is 4.57. The summed E-state index contributed by atoms with van der Waals surface area (Å²) in [7, 11) is 0. The molecule has 0 spiro atoms. The van der Waals surface area contributed by atoms with E-state index in [-0.39, 0.29) is 0 Å². The second-order valence-electron chi connectivity index (χ2n) is 4.46. The molecule has 0 saturated carbocycles. The Bertz CT molecular complexity index is 341. The van der Waals surface area contributed by atoms with E-state index >= 15 is 0 Å². The Labute approximate surface area is 107 Å². The Morgan fingerprint density at radius 2 is 2.24 bits per heavy atom. The molecule has 1 aromatic rings. The molecule has 0 aromatic carbocycles. The minimum absolute atomic E-state index is 0.593. The molecule has 5 heteroatoms. The molecule has 1 atom stereocenters. The molecule has 1 unspecified atom stereocenters. The summed E-state index contributed by atoms with van der Waals surface area (Å²) >= 11 is 5.79. The second kappa shape index (κ2) is 6.17. The largest absolute Gasteiger partial charge is 0.341 e.